The minimum absolute atomic E-state index is 0.112. The highest BCUT2D eigenvalue weighted by molar-refractivity contribution is 5.96. The van der Waals surface area contributed by atoms with E-state index in [1.54, 1.807) is 4.68 Å². The van der Waals surface area contributed by atoms with Crippen molar-refractivity contribution in [2.45, 2.75) is 19.4 Å². The Morgan fingerprint density at radius 2 is 1.85 bits per heavy atom. The molecule has 1 unspecified atom stereocenters. The van der Waals surface area contributed by atoms with Crippen LogP contribution in [0, 0.1) is 18.3 Å². The highest BCUT2D eigenvalue weighted by Crippen LogP contribution is 2.26. The standard InChI is InChI=1S/C28H27N5O/c1-20-16-25(12-13-26(20)24-18-31-33(2)19-24)32-28(34)27(23-6-4-3-5-7-23)30-15-14-21-8-10-22(17-29)11-9-21/h3-13,16,18-19,27,30H,14-15H2,1-2H3,(H,32,34). The molecule has 0 saturated carbocycles. The number of benzene rings is 3. The van der Waals surface area contributed by atoms with Crippen LogP contribution in [0.4, 0.5) is 5.69 Å². The number of hydrogen-bond acceptors (Lipinski definition) is 4. The molecule has 0 saturated heterocycles. The molecule has 4 rings (SSSR count). The van der Waals surface area contributed by atoms with E-state index in [4.69, 9.17) is 5.26 Å². The number of carbonyl (C=O) groups is 1. The average Bonchev–Trinajstić information content (AvgIpc) is 3.28. The van der Waals surface area contributed by atoms with Gasteiger partial charge in [-0.1, -0.05) is 48.5 Å². The van der Waals surface area contributed by atoms with E-state index in [0.29, 0.717) is 12.1 Å². The Labute approximate surface area is 199 Å². The molecule has 1 aromatic heterocycles. The summed E-state index contributed by atoms with van der Waals surface area (Å²) in [6.45, 7) is 2.65. The van der Waals surface area contributed by atoms with Crippen molar-refractivity contribution in [2.24, 2.45) is 7.05 Å². The van der Waals surface area contributed by atoms with Crippen LogP contribution in [-0.2, 0) is 18.3 Å². The maximum atomic E-state index is 13.3. The summed E-state index contributed by atoms with van der Waals surface area (Å²) in [5, 5.41) is 19.7. The van der Waals surface area contributed by atoms with Gasteiger partial charge < -0.3 is 10.6 Å². The molecule has 1 amide bonds. The van der Waals surface area contributed by atoms with Gasteiger partial charge in [0.05, 0.1) is 17.8 Å². The summed E-state index contributed by atoms with van der Waals surface area (Å²) in [4.78, 5) is 13.3. The Hall–Kier alpha value is -4.21. The van der Waals surface area contributed by atoms with Crippen molar-refractivity contribution in [3.63, 3.8) is 0 Å². The zero-order chi connectivity index (χ0) is 23.9. The second-order valence-corrected chi connectivity index (χ2v) is 8.28. The Morgan fingerprint density at radius 3 is 2.50 bits per heavy atom. The van der Waals surface area contributed by atoms with E-state index in [-0.39, 0.29) is 5.91 Å². The molecule has 1 atom stereocenters. The van der Waals surface area contributed by atoms with Crippen LogP contribution in [0.1, 0.15) is 28.3 Å². The molecule has 0 spiro atoms. The number of nitrogens with one attached hydrogen (secondary N) is 2. The number of rotatable bonds is 8. The van der Waals surface area contributed by atoms with Crippen LogP contribution in [0.3, 0.4) is 0 Å². The van der Waals surface area contributed by atoms with Gasteiger partial charge in [0.15, 0.2) is 0 Å². The van der Waals surface area contributed by atoms with Crippen molar-refractivity contribution in [3.05, 3.63) is 107 Å². The van der Waals surface area contributed by atoms with Crippen molar-refractivity contribution in [1.29, 1.82) is 5.26 Å². The second-order valence-electron chi connectivity index (χ2n) is 8.28. The van der Waals surface area contributed by atoms with Crippen molar-refractivity contribution in [2.75, 3.05) is 11.9 Å². The normalized spacial score (nSPS) is 11.6. The summed E-state index contributed by atoms with van der Waals surface area (Å²) in [6, 6.07) is 24.8. The third-order valence-corrected chi connectivity index (χ3v) is 5.75. The molecule has 1 heterocycles. The molecular formula is C28H27N5O. The Balaban J connectivity index is 1.46. The van der Waals surface area contributed by atoms with Crippen LogP contribution in [0.15, 0.2) is 85.2 Å². The maximum absolute atomic E-state index is 13.3. The summed E-state index contributed by atoms with van der Waals surface area (Å²) in [5.41, 5.74) is 6.61. The molecule has 0 fully saturated rings. The molecule has 2 N–H and O–H groups in total. The number of aromatic nitrogens is 2. The zero-order valence-electron chi connectivity index (χ0n) is 19.3. The monoisotopic (exact) mass is 449 g/mol. The van der Waals surface area contributed by atoms with Gasteiger partial charge in [0.25, 0.3) is 0 Å². The molecule has 34 heavy (non-hydrogen) atoms. The largest absolute Gasteiger partial charge is 0.324 e. The Morgan fingerprint density at radius 1 is 1.09 bits per heavy atom. The van der Waals surface area contributed by atoms with Crippen molar-refractivity contribution < 1.29 is 4.79 Å². The topological polar surface area (TPSA) is 82.7 Å². The molecule has 0 aliphatic carbocycles. The summed E-state index contributed by atoms with van der Waals surface area (Å²) in [6.07, 6.45) is 4.56. The van der Waals surface area contributed by atoms with E-state index in [0.717, 1.165) is 39.9 Å². The van der Waals surface area contributed by atoms with Gasteiger partial charge in [-0.3, -0.25) is 9.48 Å². The molecule has 3 aromatic carbocycles. The van der Waals surface area contributed by atoms with E-state index in [1.807, 2.05) is 99.2 Å². The molecule has 6 nitrogen and oxygen atoms in total. The van der Waals surface area contributed by atoms with E-state index in [9.17, 15) is 4.79 Å². The lowest BCUT2D eigenvalue weighted by molar-refractivity contribution is -0.118. The highest BCUT2D eigenvalue weighted by Gasteiger charge is 2.20. The van der Waals surface area contributed by atoms with Crippen molar-refractivity contribution >= 4 is 11.6 Å². The van der Waals surface area contributed by atoms with Crippen LogP contribution >= 0.6 is 0 Å². The lowest BCUT2D eigenvalue weighted by Gasteiger charge is -2.19. The minimum Gasteiger partial charge on any atom is -0.324 e. The number of nitriles is 1. The number of amides is 1. The molecule has 6 heteroatoms. The first-order valence-corrected chi connectivity index (χ1v) is 11.2. The van der Waals surface area contributed by atoms with E-state index in [2.05, 4.69) is 21.8 Å². The molecule has 170 valence electrons. The first-order valence-electron chi connectivity index (χ1n) is 11.2. The number of carbonyl (C=O) groups excluding carboxylic acids is 1. The third-order valence-electron chi connectivity index (χ3n) is 5.75. The lowest BCUT2D eigenvalue weighted by Crippen LogP contribution is -2.34. The predicted molar refractivity (Wildman–Crippen MR) is 134 cm³/mol. The van der Waals surface area contributed by atoms with E-state index >= 15 is 0 Å². The number of nitrogens with zero attached hydrogens (tertiary/aromatic N) is 3. The van der Waals surface area contributed by atoms with E-state index in [1.165, 1.54) is 0 Å². The van der Waals surface area contributed by atoms with Gasteiger partial charge >= 0.3 is 0 Å². The van der Waals surface area contributed by atoms with E-state index < -0.39 is 6.04 Å². The van der Waals surface area contributed by atoms with Crippen LogP contribution in [0.2, 0.25) is 0 Å². The van der Waals surface area contributed by atoms with Gasteiger partial charge in [0, 0.05) is 31.0 Å². The number of hydrogen-bond donors (Lipinski definition) is 2. The van der Waals surface area contributed by atoms with Gasteiger partial charge in [-0.15, -0.1) is 0 Å². The predicted octanol–water partition coefficient (Wildman–Crippen LogP) is 4.78. The maximum Gasteiger partial charge on any atom is 0.246 e. The van der Waals surface area contributed by atoms with Crippen LogP contribution < -0.4 is 10.6 Å². The third kappa shape index (κ3) is 5.58. The first kappa shape index (κ1) is 23.0. The smallest absolute Gasteiger partial charge is 0.246 e. The van der Waals surface area contributed by atoms with Crippen molar-refractivity contribution in [1.82, 2.24) is 15.1 Å². The van der Waals surface area contributed by atoms with Crippen LogP contribution in [0.25, 0.3) is 11.1 Å². The molecule has 0 aliphatic heterocycles. The van der Waals surface area contributed by atoms with Crippen LogP contribution in [0.5, 0.6) is 0 Å². The molecule has 0 radical (unpaired) electrons. The highest BCUT2D eigenvalue weighted by atomic mass is 16.2. The summed E-state index contributed by atoms with van der Waals surface area (Å²) >= 11 is 0. The fourth-order valence-corrected chi connectivity index (χ4v) is 3.95. The average molecular weight is 450 g/mol. The lowest BCUT2D eigenvalue weighted by atomic mass is 10.0. The van der Waals surface area contributed by atoms with Gasteiger partial charge in [-0.25, -0.2) is 0 Å². The summed E-state index contributed by atoms with van der Waals surface area (Å²) in [7, 11) is 1.89. The van der Waals surface area contributed by atoms with Gasteiger partial charge in [-0.05, 0) is 59.9 Å². The van der Waals surface area contributed by atoms with Gasteiger partial charge in [-0.2, -0.15) is 10.4 Å². The Bertz CT molecular complexity index is 1300. The quantitative estimate of drug-likeness (QED) is 0.406. The second kappa shape index (κ2) is 10.6. The first-order chi connectivity index (χ1) is 16.5. The molecule has 0 aliphatic rings. The van der Waals surface area contributed by atoms with Crippen LogP contribution in [-0.4, -0.2) is 22.2 Å². The minimum atomic E-state index is -0.488. The molecule has 0 bridgehead atoms. The number of aryl methyl sites for hydroxylation is 2. The zero-order valence-corrected chi connectivity index (χ0v) is 19.3. The molecule has 4 aromatic rings. The fourth-order valence-electron chi connectivity index (χ4n) is 3.95. The fraction of sp³-hybridized carbons (Fsp3) is 0.179. The summed E-state index contributed by atoms with van der Waals surface area (Å²) < 4.78 is 1.78. The number of anilines is 1. The van der Waals surface area contributed by atoms with Crippen molar-refractivity contribution in [3.8, 4) is 17.2 Å². The SMILES string of the molecule is Cc1cc(NC(=O)C(NCCc2ccc(C#N)cc2)c2ccccc2)ccc1-c1cnn(C)c1. The Kier molecular flexibility index (Phi) is 7.16. The van der Waals surface area contributed by atoms with Gasteiger partial charge in [0.1, 0.15) is 6.04 Å². The molecular weight excluding hydrogens is 422 g/mol. The summed E-state index contributed by atoms with van der Waals surface area (Å²) in [5.74, 6) is -0.112. The van der Waals surface area contributed by atoms with Gasteiger partial charge in [0.2, 0.25) is 5.91 Å².